The Kier molecular flexibility index (Phi) is 12.9. The Morgan fingerprint density at radius 2 is 1.66 bits per heavy atom. The predicted octanol–water partition coefficient (Wildman–Crippen LogP) is 0.292. The zero-order valence-corrected chi connectivity index (χ0v) is 15.6. The number of carbonyl (C=O) groups excluding carboxylic acids is 1. The van der Waals surface area contributed by atoms with Gasteiger partial charge in [0.25, 0.3) is 16.6 Å². The third-order valence-electron chi connectivity index (χ3n) is 3.19. The fourth-order valence-electron chi connectivity index (χ4n) is 2.07. The van der Waals surface area contributed by atoms with Gasteiger partial charge in [0, 0.05) is 11.1 Å². The Hall–Kier alpha value is -3.57. The fourth-order valence-corrected chi connectivity index (χ4v) is 2.07. The first kappa shape index (κ1) is 27.6. The van der Waals surface area contributed by atoms with Crippen molar-refractivity contribution in [1.82, 2.24) is 10.4 Å². The van der Waals surface area contributed by atoms with Crippen LogP contribution in [0.1, 0.15) is 15.9 Å². The summed E-state index contributed by atoms with van der Waals surface area (Å²) >= 11 is 0. The SMILES string of the molecule is O.O.O=C(N/N=C/c1cc2ccccc2[nH]c1=O)c1ccccc1.O=[N+]([O-])O.[Cu+2]. The minimum Gasteiger partial charge on any atom is -0.412 e. The van der Waals surface area contributed by atoms with Crippen molar-refractivity contribution in [3.05, 3.63) is 92.3 Å². The molecule has 0 aliphatic carbocycles. The summed E-state index contributed by atoms with van der Waals surface area (Å²) in [6.45, 7) is 0. The van der Waals surface area contributed by atoms with E-state index in [1.807, 2.05) is 30.3 Å². The topological polar surface area (TPSA) is 201 Å². The van der Waals surface area contributed by atoms with E-state index >= 15 is 0 Å². The predicted molar refractivity (Wildman–Crippen MR) is 102 cm³/mol. The summed E-state index contributed by atoms with van der Waals surface area (Å²) in [6.07, 6.45) is 1.34. The monoisotopic (exact) mass is 453 g/mol. The number of aromatic nitrogens is 1. The van der Waals surface area contributed by atoms with Gasteiger partial charge in [-0.05, 0) is 29.7 Å². The maximum Gasteiger partial charge on any atom is 2.00 e. The Balaban J connectivity index is 0. The summed E-state index contributed by atoms with van der Waals surface area (Å²) in [4.78, 5) is 34.9. The number of para-hydroxylation sites is 1. The second-order valence-corrected chi connectivity index (χ2v) is 4.94. The standard InChI is InChI=1S/C17H13N3O2.Cu.HNO3.2H2O/c21-16-14(10-13-8-4-5-9-15(13)19-16)11-18-20-17(22)12-6-2-1-3-7-12;;2-1(3)4;;/h1-11H,(H,19,21)(H,20,22);;(H,2,3,4);2*1H2/q;+2;;;/b18-11+;;;;. The summed E-state index contributed by atoms with van der Waals surface area (Å²) < 4.78 is 0. The summed E-state index contributed by atoms with van der Waals surface area (Å²) in [5, 5.41) is 18.4. The van der Waals surface area contributed by atoms with Crippen LogP contribution in [0.4, 0.5) is 0 Å². The fraction of sp³-hybridized carbons (Fsp3) is 0. The van der Waals surface area contributed by atoms with Crippen LogP contribution in [0.5, 0.6) is 0 Å². The number of amides is 1. The van der Waals surface area contributed by atoms with E-state index < -0.39 is 5.09 Å². The van der Waals surface area contributed by atoms with E-state index in [1.165, 1.54) is 6.21 Å². The number of fused-ring (bicyclic) bond motifs is 1. The quantitative estimate of drug-likeness (QED) is 0.221. The second kappa shape index (κ2) is 13.6. The van der Waals surface area contributed by atoms with Gasteiger partial charge < -0.3 is 21.1 Å². The van der Waals surface area contributed by atoms with Gasteiger partial charge in [-0.1, -0.05) is 36.4 Å². The van der Waals surface area contributed by atoms with Gasteiger partial charge in [0.2, 0.25) is 0 Å². The zero-order chi connectivity index (χ0) is 18.9. The second-order valence-electron chi connectivity index (χ2n) is 4.94. The van der Waals surface area contributed by atoms with E-state index in [0.717, 1.165) is 10.9 Å². The van der Waals surface area contributed by atoms with Gasteiger partial charge in [-0.2, -0.15) is 5.10 Å². The summed E-state index contributed by atoms with van der Waals surface area (Å²) in [7, 11) is 0. The van der Waals surface area contributed by atoms with Crippen LogP contribution >= 0.6 is 0 Å². The van der Waals surface area contributed by atoms with E-state index in [4.69, 9.17) is 15.3 Å². The molecule has 7 N–H and O–H groups in total. The molecular formula is C17H18CuN4O7+2. The molecule has 11 nitrogen and oxygen atoms in total. The number of carbonyl (C=O) groups is 1. The van der Waals surface area contributed by atoms with Gasteiger partial charge in [0.1, 0.15) is 0 Å². The molecule has 0 atom stereocenters. The molecule has 1 radical (unpaired) electrons. The van der Waals surface area contributed by atoms with Crippen LogP contribution in [0.25, 0.3) is 10.9 Å². The van der Waals surface area contributed by atoms with Gasteiger partial charge >= 0.3 is 17.1 Å². The average Bonchev–Trinajstić information content (AvgIpc) is 2.62. The van der Waals surface area contributed by atoms with Crippen LogP contribution in [0.2, 0.25) is 0 Å². The molecular weight excluding hydrogens is 436 g/mol. The van der Waals surface area contributed by atoms with Crippen molar-refractivity contribution >= 4 is 23.0 Å². The number of hydrogen-bond donors (Lipinski definition) is 3. The maximum absolute atomic E-state index is 11.9. The number of aromatic amines is 1. The van der Waals surface area contributed by atoms with Crippen LogP contribution in [0, 0.1) is 10.1 Å². The van der Waals surface area contributed by atoms with E-state index in [9.17, 15) is 9.59 Å². The van der Waals surface area contributed by atoms with E-state index in [-0.39, 0.29) is 39.5 Å². The number of nitrogens with one attached hydrogen (secondary N) is 2. The number of hydrogen-bond acceptors (Lipinski definition) is 5. The number of benzene rings is 2. The smallest absolute Gasteiger partial charge is 0.412 e. The first-order valence-electron chi connectivity index (χ1n) is 7.31. The van der Waals surface area contributed by atoms with Crippen LogP contribution in [0.3, 0.4) is 0 Å². The van der Waals surface area contributed by atoms with Crippen LogP contribution in [-0.2, 0) is 17.1 Å². The molecule has 2 aromatic carbocycles. The van der Waals surface area contributed by atoms with Crippen molar-refractivity contribution in [3.8, 4) is 0 Å². The van der Waals surface area contributed by atoms with Crippen molar-refractivity contribution in [1.29, 1.82) is 0 Å². The zero-order valence-electron chi connectivity index (χ0n) is 14.6. The Labute approximate surface area is 174 Å². The van der Waals surface area contributed by atoms with Gasteiger partial charge in [0.15, 0.2) is 0 Å². The molecule has 0 unspecified atom stereocenters. The van der Waals surface area contributed by atoms with Crippen LogP contribution in [0.15, 0.2) is 70.6 Å². The number of pyridine rings is 1. The molecule has 0 bridgehead atoms. The molecule has 1 amide bonds. The largest absolute Gasteiger partial charge is 2.00 e. The Morgan fingerprint density at radius 3 is 2.28 bits per heavy atom. The molecule has 0 fully saturated rings. The summed E-state index contributed by atoms with van der Waals surface area (Å²) in [5.74, 6) is -0.325. The number of hydrazone groups is 1. The molecule has 29 heavy (non-hydrogen) atoms. The molecule has 3 aromatic rings. The van der Waals surface area contributed by atoms with Gasteiger partial charge in [-0.15, -0.1) is 10.1 Å². The minimum absolute atomic E-state index is 0. The maximum atomic E-state index is 11.9. The van der Waals surface area contributed by atoms with Crippen molar-refractivity contribution in [3.63, 3.8) is 0 Å². The number of rotatable bonds is 3. The minimum atomic E-state index is -1.50. The molecule has 0 saturated heterocycles. The first-order chi connectivity index (χ1) is 12.5. The molecule has 3 rings (SSSR count). The van der Waals surface area contributed by atoms with Gasteiger partial charge in [-0.25, -0.2) is 5.43 Å². The number of H-pyrrole nitrogens is 1. The van der Waals surface area contributed by atoms with Crippen molar-refractivity contribution < 1.29 is 43.1 Å². The molecule has 0 spiro atoms. The van der Waals surface area contributed by atoms with Crippen molar-refractivity contribution in [2.75, 3.05) is 0 Å². The molecule has 12 heteroatoms. The van der Waals surface area contributed by atoms with Crippen LogP contribution < -0.4 is 11.0 Å². The van der Waals surface area contributed by atoms with E-state index in [2.05, 4.69) is 15.5 Å². The van der Waals surface area contributed by atoms with Crippen molar-refractivity contribution in [2.24, 2.45) is 5.10 Å². The normalized spacial score (nSPS) is 9.10. The molecule has 0 aliphatic heterocycles. The Bertz CT molecular complexity index is 1010. The van der Waals surface area contributed by atoms with Gasteiger partial charge in [-0.3, -0.25) is 9.59 Å². The van der Waals surface area contributed by atoms with Crippen molar-refractivity contribution in [2.45, 2.75) is 0 Å². The third-order valence-corrected chi connectivity index (χ3v) is 3.19. The van der Waals surface area contributed by atoms with E-state index in [1.54, 1.807) is 30.3 Å². The first-order valence-corrected chi connectivity index (χ1v) is 7.31. The molecule has 0 aliphatic rings. The van der Waals surface area contributed by atoms with E-state index in [0.29, 0.717) is 11.1 Å². The summed E-state index contributed by atoms with van der Waals surface area (Å²) in [5.41, 5.74) is 3.80. The average molecular weight is 454 g/mol. The van der Waals surface area contributed by atoms with Gasteiger partial charge in [0.05, 0.1) is 11.8 Å². The molecule has 1 heterocycles. The molecule has 157 valence electrons. The third kappa shape index (κ3) is 8.77. The summed E-state index contributed by atoms with van der Waals surface area (Å²) in [6, 6.07) is 17.9. The van der Waals surface area contributed by atoms with Crippen LogP contribution in [-0.4, -0.2) is 38.4 Å². The molecule has 0 saturated carbocycles. The molecule has 1 aromatic heterocycles. The number of nitrogens with zero attached hydrogens (tertiary/aromatic N) is 2. The Morgan fingerprint density at radius 1 is 1.10 bits per heavy atom.